The number of hydrogen-bond acceptors (Lipinski definition) is 23. The van der Waals surface area contributed by atoms with Crippen LogP contribution >= 0.6 is 11.3 Å². The summed E-state index contributed by atoms with van der Waals surface area (Å²) in [7, 11) is 8.26. The van der Waals surface area contributed by atoms with Crippen LogP contribution in [0.3, 0.4) is 0 Å². The van der Waals surface area contributed by atoms with E-state index in [4.69, 9.17) is 34.2 Å². The predicted octanol–water partition coefficient (Wildman–Crippen LogP) is 6.88. The van der Waals surface area contributed by atoms with E-state index in [9.17, 15) is 67.4 Å². The van der Waals surface area contributed by atoms with Crippen LogP contribution in [-0.4, -0.2) is 294 Å². The highest BCUT2D eigenvalue weighted by Gasteiger charge is 2.45. The molecule has 0 spiro atoms. The summed E-state index contributed by atoms with van der Waals surface area (Å²) in [6.45, 7) is 24.6. The molecule has 12 atom stereocenters. The highest BCUT2D eigenvalue weighted by atomic mass is 32.1. The van der Waals surface area contributed by atoms with Gasteiger partial charge in [-0.15, -0.1) is 11.3 Å². The maximum absolute atomic E-state index is 14.9. The van der Waals surface area contributed by atoms with E-state index in [0.29, 0.717) is 117 Å². The third kappa shape index (κ3) is 33.9. The number of carbonyl (C=O) groups excluding carboxylic acids is 13. The number of amides is 11. The highest BCUT2D eigenvalue weighted by Crippen LogP contribution is 2.36. The molecule has 0 aliphatic carbocycles. The first-order valence-corrected chi connectivity index (χ1v) is 43.9. The number of aryl methyl sites for hydroxylation is 1. The van der Waals surface area contributed by atoms with Crippen LogP contribution in [0.25, 0.3) is 0 Å². The molecule has 0 bridgehead atoms. The highest BCUT2D eigenvalue weighted by molar-refractivity contribution is 7.09. The minimum Gasteiger partial charge on any atom is -0.431 e. The van der Waals surface area contributed by atoms with Crippen molar-refractivity contribution >= 4 is 88.1 Å². The number of thiazole rings is 1. The lowest BCUT2D eigenvalue weighted by atomic mass is 9.80. The summed E-state index contributed by atoms with van der Waals surface area (Å²) in [5.41, 5.74) is 7.70. The van der Waals surface area contributed by atoms with Gasteiger partial charge in [-0.25, -0.2) is 14.6 Å². The number of urea groups is 1. The predicted molar refractivity (Wildman–Crippen MR) is 461 cm³/mol. The van der Waals surface area contributed by atoms with Gasteiger partial charge >= 0.3 is 12.1 Å². The lowest BCUT2D eigenvalue weighted by Crippen LogP contribution is -2.54. The molecule has 0 saturated carbocycles. The van der Waals surface area contributed by atoms with Gasteiger partial charge in [-0.05, 0) is 75.3 Å². The Hall–Kier alpha value is -8.96. The summed E-state index contributed by atoms with van der Waals surface area (Å²) in [5.74, 6) is -6.43. The number of aromatic nitrogens is 1. The van der Waals surface area contributed by atoms with Gasteiger partial charge in [0.25, 0.3) is 17.7 Å². The number of aliphatic hydroxyl groups excluding tert-OH is 1. The van der Waals surface area contributed by atoms with Gasteiger partial charge in [0.2, 0.25) is 35.6 Å². The number of aliphatic hydroxyl groups is 1. The third-order valence-corrected chi connectivity index (χ3v) is 24.0. The normalized spacial score (nSPS) is 16.9. The average molecular weight is 1730 g/mol. The summed E-state index contributed by atoms with van der Waals surface area (Å²) in [5, 5.41) is 24.2. The Morgan fingerprint density at radius 2 is 1.32 bits per heavy atom. The van der Waals surface area contributed by atoms with Crippen LogP contribution in [0.4, 0.5) is 9.59 Å². The number of benzene rings is 2. The van der Waals surface area contributed by atoms with Crippen molar-refractivity contribution in [3.8, 4) is 0 Å². The first kappa shape index (κ1) is 104. The number of ether oxygens (including phenoxy) is 6. The van der Waals surface area contributed by atoms with E-state index in [0.717, 1.165) is 27.5 Å². The number of methoxy groups -OCH3 is 1. The monoisotopic (exact) mass is 1730 g/mol. The molecule has 6 rings (SSSR count). The molecule has 32 nitrogen and oxygen atoms in total. The number of imide groups is 1. The van der Waals surface area contributed by atoms with Crippen molar-refractivity contribution in [3.05, 3.63) is 100 Å². The summed E-state index contributed by atoms with van der Waals surface area (Å²) in [6.07, 6.45) is 5.05. The Bertz CT molecular complexity index is 3790. The van der Waals surface area contributed by atoms with Crippen LogP contribution in [0.15, 0.2) is 78.3 Å². The van der Waals surface area contributed by atoms with Crippen molar-refractivity contribution in [2.45, 2.75) is 189 Å². The Labute approximate surface area is 724 Å². The molecule has 2 aromatic carbocycles. The second-order valence-electron chi connectivity index (χ2n) is 33.0. The van der Waals surface area contributed by atoms with Gasteiger partial charge < -0.3 is 85.0 Å². The van der Waals surface area contributed by atoms with Crippen LogP contribution in [-0.2, 0) is 87.6 Å². The van der Waals surface area contributed by atoms with Crippen molar-refractivity contribution in [3.63, 3.8) is 0 Å². The molecule has 1 aromatic heterocycles. The molecular weight excluding hydrogens is 1590 g/mol. The molecule has 7 N–H and O–H groups in total. The van der Waals surface area contributed by atoms with Crippen molar-refractivity contribution in [2.24, 2.45) is 53.1 Å². The smallest absolute Gasteiger partial charge is 0.411 e. The molecule has 4 heterocycles. The van der Waals surface area contributed by atoms with Gasteiger partial charge in [-0.2, -0.15) is 0 Å². The number of nitrogens with one attached hydrogen (secondary N) is 4. The van der Waals surface area contributed by atoms with Gasteiger partial charge in [-0.3, -0.25) is 57.6 Å². The molecule has 2 saturated heterocycles. The average Bonchev–Trinajstić information content (AvgIpc) is 1.73. The standard InChI is InChI=1S/C58H86N6O9S.C31H52N6O11/c1-13-40(7)53(50(72-12)35-51(68)64-26-17-20-47(64)46(36-65)41(8)48(66)33-44(55-59-25-31-74-55)32-42-18-15-14-16-19-42)61(10)56(69)45(37(2)3)34-49(67)52(38(4)5)62(11)58(71)73-54(43-23-21-39(6)22-24-43)57(70)63-29-27-60(9)28-30-63;1-22(2)29(24(38)21-23(30(43)33-3)5-4-10-35-31(32)44)36-26(40)9-13-45-15-17-47-19-20-48-18-16-46-14-11-34-25(39)8-12-37-27(41)6-7-28(37)42/h14-16,18-19,21-25,31,37-38,40-41,44-47,50,52-54,65H,13,17,20,26-30,32-36H2,1-12H3;6-7,22-23,29H,4-5,8-21H2,1-3H3,(H,33,43)(H,34,39)(H,36,40)(H3,32,35,44)/t40-,41+,44+,45-,46+,47-,50+,52-,53-,54?;23-,29+/m01/s1. The van der Waals surface area contributed by atoms with Gasteiger partial charge in [0.05, 0.1) is 88.5 Å². The van der Waals surface area contributed by atoms with Crippen LogP contribution in [0.2, 0.25) is 0 Å². The molecule has 3 aliphatic rings. The number of primary amides is 1. The fraction of sp³-hybridized carbons (Fsp3) is 0.663. The number of nitrogens with zero attached hydrogens (tertiary/aromatic N) is 7. The fourth-order valence-corrected chi connectivity index (χ4v) is 16.4. The molecule has 0 radical (unpaired) electrons. The largest absolute Gasteiger partial charge is 0.431 e. The van der Waals surface area contributed by atoms with E-state index >= 15 is 0 Å². The van der Waals surface area contributed by atoms with Crippen molar-refractivity contribution in [1.82, 2.24) is 55.7 Å². The fourth-order valence-electron chi connectivity index (χ4n) is 15.6. The number of hydrogen-bond donors (Lipinski definition) is 6. The number of likely N-dealkylation sites (tertiary alicyclic amines) is 1. The lowest BCUT2D eigenvalue weighted by molar-refractivity contribution is -0.148. The summed E-state index contributed by atoms with van der Waals surface area (Å²) < 4.78 is 33.9. The Morgan fingerprint density at radius 3 is 1.88 bits per heavy atom. The van der Waals surface area contributed by atoms with Gasteiger partial charge in [0.1, 0.15) is 5.78 Å². The number of ketones is 3. The third-order valence-electron chi connectivity index (χ3n) is 23.0. The number of likely N-dealkylation sites (N-methyl/N-ethyl adjacent to an activating group) is 3. The molecule has 122 heavy (non-hydrogen) atoms. The van der Waals surface area contributed by atoms with Gasteiger partial charge in [0.15, 0.2) is 11.6 Å². The van der Waals surface area contributed by atoms with E-state index in [1.807, 2.05) is 117 Å². The van der Waals surface area contributed by atoms with E-state index in [1.165, 1.54) is 42.5 Å². The van der Waals surface area contributed by atoms with Crippen LogP contribution in [0.1, 0.15) is 167 Å². The zero-order chi connectivity index (χ0) is 90.1. The number of piperazine rings is 1. The van der Waals surface area contributed by atoms with Crippen molar-refractivity contribution in [2.75, 3.05) is 147 Å². The first-order chi connectivity index (χ1) is 58.2. The van der Waals surface area contributed by atoms with E-state index in [2.05, 4.69) is 43.3 Å². The molecule has 680 valence electrons. The second-order valence-corrected chi connectivity index (χ2v) is 33.9. The van der Waals surface area contributed by atoms with E-state index < -0.39 is 77.9 Å². The molecule has 3 aromatic rings. The minimum atomic E-state index is -1.21. The topological polar surface area (TPSA) is 404 Å². The lowest BCUT2D eigenvalue weighted by Gasteiger charge is -2.41. The van der Waals surface area contributed by atoms with E-state index in [-0.39, 0.29) is 160 Å². The van der Waals surface area contributed by atoms with E-state index in [1.54, 1.807) is 42.3 Å². The van der Waals surface area contributed by atoms with Crippen molar-refractivity contribution in [1.29, 1.82) is 0 Å². The Morgan fingerprint density at radius 1 is 0.697 bits per heavy atom. The van der Waals surface area contributed by atoms with Crippen LogP contribution in [0, 0.1) is 54.3 Å². The first-order valence-electron chi connectivity index (χ1n) is 43.0. The van der Waals surface area contributed by atoms with Gasteiger partial charge in [-0.1, -0.05) is 129 Å². The zero-order valence-electron chi connectivity index (χ0n) is 74.5. The summed E-state index contributed by atoms with van der Waals surface area (Å²) in [6, 6.07) is 14.1. The van der Waals surface area contributed by atoms with Gasteiger partial charge in [0, 0.05) is 184 Å². The molecule has 3 aliphatic heterocycles. The summed E-state index contributed by atoms with van der Waals surface area (Å²) in [4.78, 5) is 184. The molecule has 1 unspecified atom stereocenters. The quantitative estimate of drug-likeness (QED) is 0.0248. The Balaban J connectivity index is 0.000000477. The van der Waals surface area contributed by atoms with Crippen LogP contribution in [0.5, 0.6) is 0 Å². The maximum atomic E-state index is 14.9. The second kappa shape index (κ2) is 54.6. The number of rotatable bonds is 54. The summed E-state index contributed by atoms with van der Waals surface area (Å²) >= 11 is 1.53. The maximum Gasteiger partial charge on any atom is 0.411 e. The zero-order valence-corrected chi connectivity index (χ0v) is 75.3. The number of Topliss-reactive ketones (excluding diaryl/α,β-unsaturated/α-hetero) is 3. The minimum absolute atomic E-state index is 0.0230. The number of nitrogens with two attached hydrogens (primary N) is 1. The molecular formula is C89H138N12O20S. The SMILES string of the molecule is CC[C@H](C)[C@@H]([C@@H](CC(=O)N1CCC[C@H]1[C@H](CO)[C@@H](C)C(=O)C[C@@H](Cc1ccccc1)c1nccs1)OC)N(C)C(=O)[C@@H](CC(=O)[C@H](C(C)C)N(C)C(=O)OC(C(=O)N1CCN(C)CC1)c1ccc(C)cc1)C(C)C.CNC(=O)[C@H](CCCNC(N)=O)CC(=O)[C@@H](NC(=O)CCOCCOCCOCCOCCNC(=O)CCN1C(=O)C=CC1=O)C(C)C. The molecule has 2 fully saturated rings. The number of carbonyl (C=O) groups is 13. The van der Waals surface area contributed by atoms with Crippen LogP contribution < -0.4 is 27.0 Å². The van der Waals surface area contributed by atoms with Crippen molar-refractivity contribution < 1.29 is 95.9 Å². The Kier molecular flexibility index (Phi) is 46.4. The molecule has 33 heteroatoms. The molecule has 11 amide bonds.